The number of rotatable bonds is 2. The third kappa shape index (κ3) is 2.89. The van der Waals surface area contributed by atoms with E-state index >= 15 is 0 Å². The predicted octanol–water partition coefficient (Wildman–Crippen LogP) is 5.06. The van der Waals surface area contributed by atoms with E-state index in [1.165, 1.54) is 0 Å². The molecule has 0 bridgehead atoms. The smallest absolute Gasteiger partial charge is 0.257 e. The first-order valence-corrected chi connectivity index (χ1v) is 8.87. The summed E-state index contributed by atoms with van der Waals surface area (Å²) >= 11 is 6.59. The molecule has 0 fully saturated rings. The fraction of sp³-hybridized carbons (Fsp3) is 0. The van der Waals surface area contributed by atoms with Crippen molar-refractivity contribution in [2.45, 2.75) is 0 Å². The maximum atomic E-state index is 12.4. The van der Waals surface area contributed by atoms with Gasteiger partial charge in [0.1, 0.15) is 17.3 Å². The molecule has 124 valence electrons. The zero-order valence-electron chi connectivity index (χ0n) is 12.6. The lowest BCUT2D eigenvalue weighted by molar-refractivity contribution is -0.110. The first-order valence-electron chi connectivity index (χ1n) is 7.28. The minimum Gasteiger partial charge on any atom is -0.506 e. The minimum absolute atomic E-state index is 0.111. The van der Waals surface area contributed by atoms with Crippen LogP contribution in [0.4, 0.5) is 5.82 Å². The molecule has 3 heterocycles. The number of carbonyl (C=O) groups excluding carboxylic acids is 1. The van der Waals surface area contributed by atoms with Gasteiger partial charge in [0.25, 0.3) is 5.91 Å². The summed E-state index contributed by atoms with van der Waals surface area (Å²) < 4.78 is 6.47. The van der Waals surface area contributed by atoms with E-state index in [-0.39, 0.29) is 11.7 Å². The van der Waals surface area contributed by atoms with Crippen molar-refractivity contribution in [1.82, 2.24) is 4.98 Å². The third-order valence-electron chi connectivity index (χ3n) is 3.81. The van der Waals surface area contributed by atoms with Crippen molar-refractivity contribution in [1.29, 1.82) is 0 Å². The Kier molecular flexibility index (Phi) is 3.97. The van der Waals surface area contributed by atoms with E-state index in [9.17, 15) is 9.90 Å². The Balaban J connectivity index is 1.82. The Labute approximate surface area is 159 Å². The van der Waals surface area contributed by atoms with Gasteiger partial charge in [0, 0.05) is 17.3 Å². The van der Waals surface area contributed by atoms with Crippen LogP contribution in [0.5, 0.6) is 5.75 Å². The Hall–Kier alpha value is -2.38. The first-order chi connectivity index (χ1) is 12.0. The quantitative estimate of drug-likeness (QED) is 0.522. The number of hydrogen-bond donors (Lipinski definition) is 2. The summed E-state index contributed by atoms with van der Waals surface area (Å²) in [6, 6.07) is 8.99. The third-order valence-corrected chi connectivity index (χ3v) is 5.02. The van der Waals surface area contributed by atoms with Crippen LogP contribution in [0.1, 0.15) is 11.1 Å². The molecule has 0 aliphatic carbocycles. The summed E-state index contributed by atoms with van der Waals surface area (Å²) in [5.41, 5.74) is 2.76. The number of nitrogens with zero attached hydrogens (tertiary/aromatic N) is 1. The van der Waals surface area contributed by atoms with Crippen molar-refractivity contribution in [2.75, 3.05) is 5.32 Å². The molecule has 1 aliphatic heterocycles. The molecule has 5 nitrogen and oxygen atoms in total. The normalized spacial score (nSPS) is 14.6. The molecule has 2 aromatic heterocycles. The zero-order chi connectivity index (χ0) is 17.6. The lowest BCUT2D eigenvalue weighted by Crippen LogP contribution is -2.04. The number of phenols is 1. The number of pyridine rings is 1. The number of carbonyl (C=O) groups is 1. The Bertz CT molecular complexity index is 1000. The molecule has 1 aliphatic rings. The molecule has 3 aromatic rings. The molecule has 0 unspecified atom stereocenters. The highest BCUT2D eigenvalue weighted by Crippen LogP contribution is 2.37. The molecule has 25 heavy (non-hydrogen) atoms. The standard InChI is InChI=1S/C18H10Br2N2O3/c19-13-5-9(6-14(20)16(13)23)4-12-11-7-10(15-2-1-3-25-15)8-21-17(11)22-18(12)24/h1-8,23H,(H,21,22,24)/b12-4-. The monoisotopic (exact) mass is 460 g/mol. The number of amides is 1. The summed E-state index contributed by atoms with van der Waals surface area (Å²) in [5.74, 6) is 1.09. The topological polar surface area (TPSA) is 75.4 Å². The van der Waals surface area contributed by atoms with Gasteiger partial charge in [-0.3, -0.25) is 4.79 Å². The van der Waals surface area contributed by atoms with E-state index in [4.69, 9.17) is 4.42 Å². The number of fused-ring (bicyclic) bond motifs is 1. The molecule has 4 rings (SSSR count). The molecule has 1 aromatic carbocycles. The zero-order valence-corrected chi connectivity index (χ0v) is 15.8. The number of nitrogens with one attached hydrogen (secondary N) is 1. The lowest BCUT2D eigenvalue weighted by Gasteiger charge is -2.04. The van der Waals surface area contributed by atoms with Gasteiger partial charge in [-0.25, -0.2) is 4.98 Å². The average Bonchev–Trinajstić information content (AvgIpc) is 3.21. The maximum Gasteiger partial charge on any atom is 0.257 e. The fourth-order valence-corrected chi connectivity index (χ4v) is 3.84. The maximum absolute atomic E-state index is 12.4. The van der Waals surface area contributed by atoms with Crippen molar-refractivity contribution < 1.29 is 14.3 Å². The molecule has 0 saturated carbocycles. The molecule has 2 N–H and O–H groups in total. The number of hydrogen-bond acceptors (Lipinski definition) is 4. The molecular formula is C18H10Br2N2O3. The average molecular weight is 462 g/mol. The van der Waals surface area contributed by atoms with Crippen molar-refractivity contribution >= 4 is 55.2 Å². The number of furan rings is 1. The molecule has 0 spiro atoms. The number of benzene rings is 1. The largest absolute Gasteiger partial charge is 0.506 e. The molecule has 1 amide bonds. The van der Waals surface area contributed by atoms with Crippen LogP contribution in [-0.4, -0.2) is 16.0 Å². The summed E-state index contributed by atoms with van der Waals surface area (Å²) in [4.78, 5) is 16.7. The van der Waals surface area contributed by atoms with Gasteiger partial charge in [-0.1, -0.05) is 0 Å². The van der Waals surface area contributed by atoms with Crippen LogP contribution in [0.2, 0.25) is 0 Å². The number of anilines is 1. The van der Waals surface area contributed by atoms with Gasteiger partial charge in [0.2, 0.25) is 0 Å². The van der Waals surface area contributed by atoms with Crippen LogP contribution in [0.3, 0.4) is 0 Å². The second-order valence-electron chi connectivity index (χ2n) is 5.44. The van der Waals surface area contributed by atoms with Gasteiger partial charge in [-0.05, 0) is 73.8 Å². The number of aromatic nitrogens is 1. The van der Waals surface area contributed by atoms with Crippen molar-refractivity contribution in [2.24, 2.45) is 0 Å². The van der Waals surface area contributed by atoms with E-state index in [1.807, 2.05) is 12.1 Å². The van der Waals surface area contributed by atoms with Gasteiger partial charge < -0.3 is 14.8 Å². The second-order valence-corrected chi connectivity index (χ2v) is 7.15. The van der Waals surface area contributed by atoms with Crippen molar-refractivity contribution in [3.05, 3.63) is 62.9 Å². The molecule has 0 atom stereocenters. The second kappa shape index (κ2) is 6.16. The van der Waals surface area contributed by atoms with Crippen LogP contribution in [0.25, 0.3) is 23.0 Å². The Morgan fingerprint density at radius 2 is 1.96 bits per heavy atom. The number of halogens is 2. The lowest BCUT2D eigenvalue weighted by atomic mass is 10.0. The van der Waals surface area contributed by atoms with Crippen LogP contribution in [0.15, 0.2) is 56.2 Å². The van der Waals surface area contributed by atoms with E-state index in [0.29, 0.717) is 31.7 Å². The van der Waals surface area contributed by atoms with Crippen molar-refractivity contribution in [3.63, 3.8) is 0 Å². The molecular weight excluding hydrogens is 452 g/mol. The van der Waals surface area contributed by atoms with Crippen molar-refractivity contribution in [3.8, 4) is 17.1 Å². The summed E-state index contributed by atoms with van der Waals surface area (Å²) in [6.07, 6.45) is 5.01. The highest BCUT2D eigenvalue weighted by Gasteiger charge is 2.26. The van der Waals surface area contributed by atoms with Gasteiger partial charge in [-0.2, -0.15) is 0 Å². The number of phenolic OH excluding ortho intramolecular Hbond substituents is 1. The minimum atomic E-state index is -0.223. The fourth-order valence-electron chi connectivity index (χ4n) is 2.62. The number of aromatic hydroxyl groups is 1. The highest BCUT2D eigenvalue weighted by molar-refractivity contribution is 9.11. The highest BCUT2D eigenvalue weighted by atomic mass is 79.9. The summed E-state index contributed by atoms with van der Waals surface area (Å²) in [7, 11) is 0. The Morgan fingerprint density at radius 1 is 1.20 bits per heavy atom. The van der Waals surface area contributed by atoms with Crippen LogP contribution in [0, 0.1) is 0 Å². The van der Waals surface area contributed by atoms with Crippen LogP contribution >= 0.6 is 31.9 Å². The van der Waals surface area contributed by atoms with E-state index in [1.54, 1.807) is 36.7 Å². The van der Waals surface area contributed by atoms with Gasteiger partial charge >= 0.3 is 0 Å². The molecule has 0 radical (unpaired) electrons. The summed E-state index contributed by atoms with van der Waals surface area (Å²) in [6.45, 7) is 0. The predicted molar refractivity (Wildman–Crippen MR) is 102 cm³/mol. The van der Waals surface area contributed by atoms with Crippen LogP contribution in [-0.2, 0) is 4.79 Å². The van der Waals surface area contributed by atoms with Gasteiger partial charge in [0.05, 0.1) is 20.8 Å². The molecule has 7 heteroatoms. The summed E-state index contributed by atoms with van der Waals surface area (Å²) in [5, 5.41) is 12.6. The first kappa shape index (κ1) is 16.1. The van der Waals surface area contributed by atoms with Gasteiger partial charge in [0.15, 0.2) is 0 Å². The van der Waals surface area contributed by atoms with E-state index in [0.717, 1.165) is 11.1 Å². The van der Waals surface area contributed by atoms with E-state index in [2.05, 4.69) is 42.2 Å². The van der Waals surface area contributed by atoms with E-state index < -0.39 is 0 Å². The SMILES string of the molecule is O=C1Nc2ncc(-c3ccco3)cc2/C1=C/c1cc(Br)c(O)c(Br)c1. The van der Waals surface area contributed by atoms with Crippen LogP contribution < -0.4 is 5.32 Å². The Morgan fingerprint density at radius 3 is 2.64 bits per heavy atom. The molecule has 0 saturated heterocycles. The van der Waals surface area contributed by atoms with Gasteiger partial charge in [-0.15, -0.1) is 0 Å².